The molecule has 9 nitrogen and oxygen atoms in total. The average Bonchev–Trinajstić information content (AvgIpc) is 2.74. The lowest BCUT2D eigenvalue weighted by molar-refractivity contribution is -0.135. The lowest BCUT2D eigenvalue weighted by Gasteiger charge is -2.29. The van der Waals surface area contributed by atoms with Crippen LogP contribution in [-0.2, 0) is 19.2 Å². The van der Waals surface area contributed by atoms with E-state index in [0.717, 1.165) is 18.9 Å². The standard InChI is InChI=1S/C24H34O9/c1-5-7-8-9-18(22(30)31)13-24(6-2,16(4)21(28)29)14-19(23(32)33)17(10-11-25)12-15(3)20(26)27/h12-14,17,25H,4-11H2,1-3H3,(H,26,27)(H,28,29)(H,30,31)(H,32,33). The van der Waals surface area contributed by atoms with E-state index in [4.69, 9.17) is 0 Å². The molecule has 184 valence electrons. The quantitative estimate of drug-likeness (QED) is 0.168. The van der Waals surface area contributed by atoms with Gasteiger partial charge in [-0.15, -0.1) is 0 Å². The van der Waals surface area contributed by atoms with Gasteiger partial charge in [-0.25, -0.2) is 19.2 Å². The highest BCUT2D eigenvalue weighted by atomic mass is 16.4. The predicted octanol–water partition coefficient (Wildman–Crippen LogP) is 3.66. The van der Waals surface area contributed by atoms with Crippen LogP contribution < -0.4 is 0 Å². The fourth-order valence-electron chi connectivity index (χ4n) is 3.40. The average molecular weight is 467 g/mol. The monoisotopic (exact) mass is 466 g/mol. The SMILES string of the molecule is C=C(C(=O)O)C(C=C(CCCCC)C(=O)O)(C=C(C(=O)O)C(C=C(C)C(=O)O)CCO)CC. The maximum Gasteiger partial charge on any atom is 0.332 e. The first-order valence-corrected chi connectivity index (χ1v) is 10.7. The summed E-state index contributed by atoms with van der Waals surface area (Å²) in [7, 11) is 0. The number of rotatable bonds is 16. The van der Waals surface area contributed by atoms with E-state index < -0.39 is 47.4 Å². The minimum absolute atomic E-state index is 0.00700. The summed E-state index contributed by atoms with van der Waals surface area (Å²) in [5.41, 5.74) is -2.65. The predicted molar refractivity (Wildman–Crippen MR) is 122 cm³/mol. The van der Waals surface area contributed by atoms with Crippen LogP contribution in [0.2, 0.25) is 0 Å². The Balaban J connectivity index is 7.05. The molecular formula is C24H34O9. The maximum atomic E-state index is 12.1. The van der Waals surface area contributed by atoms with Crippen molar-refractivity contribution in [2.45, 2.75) is 59.3 Å². The van der Waals surface area contributed by atoms with Gasteiger partial charge in [0.2, 0.25) is 0 Å². The van der Waals surface area contributed by atoms with Crippen LogP contribution in [0.1, 0.15) is 59.3 Å². The van der Waals surface area contributed by atoms with Crippen molar-refractivity contribution in [3.05, 3.63) is 47.1 Å². The van der Waals surface area contributed by atoms with Crippen molar-refractivity contribution in [1.82, 2.24) is 0 Å². The number of aliphatic hydroxyl groups is 1. The molecule has 0 bridgehead atoms. The molecule has 0 saturated heterocycles. The number of hydrogen-bond acceptors (Lipinski definition) is 5. The van der Waals surface area contributed by atoms with Crippen LogP contribution in [0.5, 0.6) is 0 Å². The van der Waals surface area contributed by atoms with Gasteiger partial charge in [0.05, 0.1) is 0 Å². The minimum atomic E-state index is -1.65. The number of carboxylic acids is 4. The molecule has 33 heavy (non-hydrogen) atoms. The Bertz CT molecular complexity index is 848. The Hall–Kier alpha value is -3.20. The van der Waals surface area contributed by atoms with Crippen LogP contribution in [0.4, 0.5) is 0 Å². The largest absolute Gasteiger partial charge is 0.478 e. The second kappa shape index (κ2) is 14.1. The number of aliphatic carboxylic acids is 4. The fraction of sp³-hybridized carbons (Fsp3) is 0.500. The molecule has 0 fully saturated rings. The van der Waals surface area contributed by atoms with E-state index in [1.54, 1.807) is 6.92 Å². The van der Waals surface area contributed by atoms with Gasteiger partial charge >= 0.3 is 23.9 Å². The number of carboxylic acid groups (broad SMARTS) is 4. The number of carbonyl (C=O) groups is 4. The van der Waals surface area contributed by atoms with E-state index in [1.165, 1.54) is 19.1 Å². The van der Waals surface area contributed by atoms with Gasteiger partial charge in [0, 0.05) is 40.2 Å². The second-order valence-corrected chi connectivity index (χ2v) is 7.79. The van der Waals surface area contributed by atoms with Gasteiger partial charge < -0.3 is 25.5 Å². The summed E-state index contributed by atoms with van der Waals surface area (Å²) in [6.45, 7) is 7.92. The molecular weight excluding hydrogens is 432 g/mol. The summed E-state index contributed by atoms with van der Waals surface area (Å²) in [5, 5.41) is 47.8. The zero-order valence-electron chi connectivity index (χ0n) is 19.3. The first-order chi connectivity index (χ1) is 15.4. The molecule has 0 aliphatic carbocycles. The number of unbranched alkanes of at least 4 members (excludes halogenated alkanes) is 2. The van der Waals surface area contributed by atoms with Gasteiger partial charge in [-0.3, -0.25) is 0 Å². The molecule has 5 N–H and O–H groups in total. The summed E-state index contributed by atoms with van der Waals surface area (Å²) in [4.78, 5) is 47.1. The fourth-order valence-corrected chi connectivity index (χ4v) is 3.40. The van der Waals surface area contributed by atoms with Crippen LogP contribution in [0.15, 0.2) is 47.1 Å². The smallest absolute Gasteiger partial charge is 0.332 e. The normalized spacial score (nSPS) is 15.5. The lowest BCUT2D eigenvalue weighted by Crippen LogP contribution is -2.27. The Morgan fingerprint density at radius 2 is 1.52 bits per heavy atom. The van der Waals surface area contributed by atoms with Crippen LogP contribution in [0.3, 0.4) is 0 Å². The van der Waals surface area contributed by atoms with E-state index in [9.17, 15) is 44.7 Å². The summed E-state index contributed by atoms with van der Waals surface area (Å²) >= 11 is 0. The summed E-state index contributed by atoms with van der Waals surface area (Å²) in [5.74, 6) is -6.46. The molecule has 0 aliphatic rings. The molecule has 0 rings (SSSR count). The highest BCUT2D eigenvalue weighted by Gasteiger charge is 2.35. The van der Waals surface area contributed by atoms with Crippen molar-refractivity contribution in [2.75, 3.05) is 6.61 Å². The van der Waals surface area contributed by atoms with E-state index in [2.05, 4.69) is 6.58 Å². The third-order valence-corrected chi connectivity index (χ3v) is 5.45. The molecule has 0 spiro atoms. The van der Waals surface area contributed by atoms with Gasteiger partial charge in [-0.05, 0) is 32.6 Å². The van der Waals surface area contributed by atoms with Crippen molar-refractivity contribution < 1.29 is 44.7 Å². The molecule has 0 aliphatic heterocycles. The van der Waals surface area contributed by atoms with Crippen molar-refractivity contribution in [2.24, 2.45) is 11.3 Å². The molecule has 0 aromatic carbocycles. The Morgan fingerprint density at radius 1 is 0.909 bits per heavy atom. The first-order valence-electron chi connectivity index (χ1n) is 10.7. The van der Waals surface area contributed by atoms with Gasteiger partial charge in [0.1, 0.15) is 0 Å². The zero-order chi connectivity index (χ0) is 25.8. The van der Waals surface area contributed by atoms with Crippen LogP contribution in [0.25, 0.3) is 0 Å². The molecule has 9 heteroatoms. The molecule has 2 atom stereocenters. The van der Waals surface area contributed by atoms with Crippen LogP contribution in [0, 0.1) is 11.3 Å². The highest BCUT2D eigenvalue weighted by Crippen LogP contribution is 2.39. The maximum absolute atomic E-state index is 12.1. The van der Waals surface area contributed by atoms with Crippen LogP contribution >= 0.6 is 0 Å². The number of hydrogen-bond donors (Lipinski definition) is 5. The molecule has 0 aromatic rings. The van der Waals surface area contributed by atoms with Gasteiger partial charge in [0.15, 0.2) is 0 Å². The summed E-state index contributed by atoms with van der Waals surface area (Å²) in [6, 6.07) is 0. The topological polar surface area (TPSA) is 169 Å². The Kier molecular flexibility index (Phi) is 12.7. The van der Waals surface area contributed by atoms with Gasteiger partial charge in [-0.1, -0.05) is 51.5 Å². The van der Waals surface area contributed by atoms with Crippen molar-refractivity contribution in [1.29, 1.82) is 0 Å². The van der Waals surface area contributed by atoms with E-state index in [1.807, 2.05) is 6.92 Å². The molecule has 2 unspecified atom stereocenters. The second-order valence-electron chi connectivity index (χ2n) is 7.79. The third kappa shape index (κ3) is 9.05. The Morgan fingerprint density at radius 3 is 1.91 bits per heavy atom. The summed E-state index contributed by atoms with van der Waals surface area (Å²) in [6.07, 6.45) is 5.71. The summed E-state index contributed by atoms with van der Waals surface area (Å²) < 4.78 is 0. The molecule has 0 aromatic heterocycles. The van der Waals surface area contributed by atoms with Gasteiger partial charge in [-0.2, -0.15) is 0 Å². The highest BCUT2D eigenvalue weighted by molar-refractivity contribution is 5.93. The number of allylic oxidation sites excluding steroid dienone is 3. The molecule has 0 amide bonds. The molecule has 0 heterocycles. The van der Waals surface area contributed by atoms with E-state index in [0.29, 0.717) is 6.42 Å². The number of aliphatic hydroxyl groups excluding tert-OH is 1. The van der Waals surface area contributed by atoms with Crippen molar-refractivity contribution in [3.63, 3.8) is 0 Å². The Labute approximate surface area is 193 Å². The van der Waals surface area contributed by atoms with Crippen LogP contribution in [-0.4, -0.2) is 56.0 Å². The lowest BCUT2D eigenvalue weighted by atomic mass is 9.73. The third-order valence-electron chi connectivity index (χ3n) is 5.45. The van der Waals surface area contributed by atoms with Crippen molar-refractivity contribution in [3.8, 4) is 0 Å². The van der Waals surface area contributed by atoms with Gasteiger partial charge in [0.25, 0.3) is 0 Å². The first kappa shape index (κ1) is 29.8. The zero-order valence-corrected chi connectivity index (χ0v) is 19.3. The minimum Gasteiger partial charge on any atom is -0.478 e. The van der Waals surface area contributed by atoms with Crippen molar-refractivity contribution >= 4 is 23.9 Å². The molecule has 0 radical (unpaired) electrons. The van der Waals surface area contributed by atoms with E-state index in [-0.39, 0.29) is 36.0 Å². The van der Waals surface area contributed by atoms with E-state index >= 15 is 0 Å². The molecule has 0 saturated carbocycles.